The first-order chi connectivity index (χ1) is 9.61. The Balaban J connectivity index is 2.15. The van der Waals surface area contributed by atoms with E-state index in [1.807, 2.05) is 0 Å². The van der Waals surface area contributed by atoms with Crippen LogP contribution >= 0.6 is 11.6 Å². The zero-order chi connectivity index (χ0) is 14.5. The maximum absolute atomic E-state index is 12.0. The van der Waals surface area contributed by atoms with Gasteiger partial charge in [0.05, 0.1) is 18.5 Å². The highest BCUT2D eigenvalue weighted by Crippen LogP contribution is 2.20. The molecule has 0 aliphatic rings. The van der Waals surface area contributed by atoms with Crippen LogP contribution in [0.4, 0.5) is 5.69 Å². The smallest absolute Gasteiger partial charge is 0.257 e. The van der Waals surface area contributed by atoms with E-state index < -0.39 is 12.0 Å². The zero-order valence-electron chi connectivity index (χ0n) is 10.5. The van der Waals surface area contributed by atoms with E-state index in [2.05, 4.69) is 10.3 Å². The Kier molecular flexibility index (Phi) is 4.68. The van der Waals surface area contributed by atoms with Crippen LogP contribution in [0.3, 0.4) is 0 Å². The molecular weight excluding hydrogens is 280 g/mol. The molecule has 1 aromatic carbocycles. The van der Waals surface area contributed by atoms with Crippen molar-refractivity contribution < 1.29 is 15.0 Å². The van der Waals surface area contributed by atoms with E-state index >= 15 is 0 Å². The molecule has 3 N–H and O–H groups in total. The molecule has 1 heterocycles. The Morgan fingerprint density at radius 2 is 2.20 bits per heavy atom. The van der Waals surface area contributed by atoms with E-state index in [9.17, 15) is 9.90 Å². The van der Waals surface area contributed by atoms with Gasteiger partial charge < -0.3 is 15.5 Å². The van der Waals surface area contributed by atoms with Gasteiger partial charge >= 0.3 is 0 Å². The number of halogens is 1. The van der Waals surface area contributed by atoms with Gasteiger partial charge in [0.1, 0.15) is 0 Å². The van der Waals surface area contributed by atoms with Crippen LogP contribution in [0.15, 0.2) is 42.7 Å². The third-order valence-corrected chi connectivity index (χ3v) is 2.99. The number of hydrogen-bond acceptors (Lipinski definition) is 4. The number of rotatable bonds is 4. The Bertz CT molecular complexity index is 619. The van der Waals surface area contributed by atoms with Crippen LogP contribution in [0.25, 0.3) is 0 Å². The second kappa shape index (κ2) is 6.47. The summed E-state index contributed by atoms with van der Waals surface area (Å²) in [5.41, 5.74) is 1.28. The number of aliphatic hydroxyl groups excluding tert-OH is 2. The number of nitrogens with zero attached hydrogens (tertiary/aromatic N) is 1. The average Bonchev–Trinajstić information content (AvgIpc) is 2.47. The number of amides is 1. The first-order valence-corrected chi connectivity index (χ1v) is 6.27. The van der Waals surface area contributed by atoms with Gasteiger partial charge in [-0.15, -0.1) is 0 Å². The van der Waals surface area contributed by atoms with Crippen molar-refractivity contribution in [2.24, 2.45) is 0 Å². The molecule has 0 saturated carbocycles. The average molecular weight is 293 g/mol. The molecule has 2 aromatic rings. The number of aromatic nitrogens is 1. The SMILES string of the molecule is O=C(Nc1cnccc1CO)C(O)c1cccc(Cl)c1. The van der Waals surface area contributed by atoms with E-state index in [0.29, 0.717) is 21.8 Å². The second-order valence-corrected chi connectivity index (χ2v) is 4.57. The Morgan fingerprint density at radius 3 is 2.90 bits per heavy atom. The fourth-order valence-electron chi connectivity index (χ4n) is 1.70. The van der Waals surface area contributed by atoms with E-state index in [0.717, 1.165) is 0 Å². The van der Waals surface area contributed by atoms with Crippen molar-refractivity contribution in [3.8, 4) is 0 Å². The quantitative estimate of drug-likeness (QED) is 0.804. The van der Waals surface area contributed by atoms with Crippen molar-refractivity contribution >= 4 is 23.2 Å². The molecular formula is C14H13ClN2O3. The number of carbonyl (C=O) groups is 1. The zero-order valence-corrected chi connectivity index (χ0v) is 11.2. The molecule has 1 aromatic heterocycles. The summed E-state index contributed by atoms with van der Waals surface area (Å²) in [7, 11) is 0. The van der Waals surface area contributed by atoms with Crippen LogP contribution in [-0.4, -0.2) is 21.1 Å². The van der Waals surface area contributed by atoms with Gasteiger partial charge in [0.15, 0.2) is 6.10 Å². The lowest BCUT2D eigenvalue weighted by Gasteiger charge is -2.13. The third kappa shape index (κ3) is 3.33. The summed E-state index contributed by atoms with van der Waals surface area (Å²) >= 11 is 5.82. The summed E-state index contributed by atoms with van der Waals surface area (Å²) in [6.07, 6.45) is 1.57. The lowest BCUT2D eigenvalue weighted by atomic mass is 10.1. The largest absolute Gasteiger partial charge is 0.392 e. The van der Waals surface area contributed by atoms with E-state index in [1.54, 1.807) is 24.3 Å². The Hall–Kier alpha value is -1.95. The normalized spacial score (nSPS) is 11.9. The van der Waals surface area contributed by atoms with E-state index in [4.69, 9.17) is 16.7 Å². The fourth-order valence-corrected chi connectivity index (χ4v) is 1.90. The number of pyridine rings is 1. The first kappa shape index (κ1) is 14.5. The lowest BCUT2D eigenvalue weighted by Crippen LogP contribution is -2.21. The van der Waals surface area contributed by atoms with E-state index in [-0.39, 0.29) is 6.61 Å². The molecule has 20 heavy (non-hydrogen) atoms. The topological polar surface area (TPSA) is 82.5 Å². The third-order valence-electron chi connectivity index (χ3n) is 2.75. The molecule has 0 aliphatic heterocycles. The molecule has 6 heteroatoms. The minimum absolute atomic E-state index is 0.231. The standard InChI is InChI=1S/C14H13ClN2O3/c15-11-3-1-2-9(6-11)13(19)14(20)17-12-7-16-5-4-10(12)8-18/h1-7,13,18-19H,8H2,(H,17,20). The maximum Gasteiger partial charge on any atom is 0.257 e. The first-order valence-electron chi connectivity index (χ1n) is 5.90. The summed E-state index contributed by atoms with van der Waals surface area (Å²) in [6.45, 7) is -0.231. The van der Waals surface area contributed by atoms with Gasteiger partial charge in [-0.25, -0.2) is 0 Å². The summed E-state index contributed by atoms with van der Waals surface area (Å²) in [5.74, 6) is -0.616. The minimum Gasteiger partial charge on any atom is -0.392 e. The monoisotopic (exact) mass is 292 g/mol. The van der Waals surface area contributed by atoms with Gasteiger partial charge in [-0.3, -0.25) is 9.78 Å². The maximum atomic E-state index is 12.0. The predicted octanol–water partition coefficient (Wildman–Crippen LogP) is 1.90. The van der Waals surface area contributed by atoms with Crippen LogP contribution in [0.5, 0.6) is 0 Å². The van der Waals surface area contributed by atoms with Crippen molar-refractivity contribution in [2.45, 2.75) is 12.7 Å². The summed E-state index contributed by atoms with van der Waals surface area (Å²) in [5, 5.41) is 22.1. The van der Waals surface area contributed by atoms with Gasteiger partial charge in [-0.05, 0) is 23.8 Å². The highest BCUT2D eigenvalue weighted by atomic mass is 35.5. The van der Waals surface area contributed by atoms with Crippen molar-refractivity contribution in [3.63, 3.8) is 0 Å². The molecule has 5 nitrogen and oxygen atoms in total. The predicted molar refractivity (Wildman–Crippen MR) is 75.2 cm³/mol. The van der Waals surface area contributed by atoms with Gasteiger partial charge in [-0.2, -0.15) is 0 Å². The molecule has 0 aliphatic carbocycles. The van der Waals surface area contributed by atoms with Crippen LogP contribution in [0.1, 0.15) is 17.2 Å². The van der Waals surface area contributed by atoms with Crippen molar-refractivity contribution in [1.82, 2.24) is 4.98 Å². The molecule has 0 radical (unpaired) electrons. The van der Waals surface area contributed by atoms with Crippen molar-refractivity contribution in [2.75, 3.05) is 5.32 Å². The van der Waals surface area contributed by atoms with Crippen molar-refractivity contribution in [1.29, 1.82) is 0 Å². The van der Waals surface area contributed by atoms with E-state index in [1.165, 1.54) is 18.5 Å². The fraction of sp³-hybridized carbons (Fsp3) is 0.143. The van der Waals surface area contributed by atoms with Gasteiger partial charge in [0.2, 0.25) is 0 Å². The number of nitrogens with one attached hydrogen (secondary N) is 1. The lowest BCUT2D eigenvalue weighted by molar-refractivity contribution is -0.124. The summed E-state index contributed by atoms with van der Waals surface area (Å²) < 4.78 is 0. The Labute approximate surface area is 120 Å². The molecule has 1 amide bonds. The Morgan fingerprint density at radius 1 is 1.40 bits per heavy atom. The molecule has 0 saturated heterocycles. The van der Waals surface area contributed by atoms with Crippen LogP contribution in [0, 0.1) is 0 Å². The van der Waals surface area contributed by atoms with Crippen LogP contribution in [-0.2, 0) is 11.4 Å². The van der Waals surface area contributed by atoms with Gasteiger partial charge in [-0.1, -0.05) is 23.7 Å². The molecule has 0 fully saturated rings. The van der Waals surface area contributed by atoms with Gasteiger partial charge in [0, 0.05) is 16.8 Å². The molecule has 1 atom stereocenters. The number of hydrogen-bond donors (Lipinski definition) is 3. The van der Waals surface area contributed by atoms with Crippen molar-refractivity contribution in [3.05, 3.63) is 58.9 Å². The molecule has 0 spiro atoms. The molecule has 104 valence electrons. The summed E-state index contributed by atoms with van der Waals surface area (Å²) in [6, 6.07) is 8.01. The highest BCUT2D eigenvalue weighted by Gasteiger charge is 2.18. The van der Waals surface area contributed by atoms with Crippen LogP contribution in [0.2, 0.25) is 5.02 Å². The number of anilines is 1. The van der Waals surface area contributed by atoms with Gasteiger partial charge in [0.25, 0.3) is 5.91 Å². The second-order valence-electron chi connectivity index (χ2n) is 4.14. The molecule has 2 rings (SSSR count). The number of benzene rings is 1. The number of carbonyl (C=O) groups excluding carboxylic acids is 1. The summed E-state index contributed by atoms with van der Waals surface area (Å²) in [4.78, 5) is 15.8. The minimum atomic E-state index is -1.35. The molecule has 1 unspecified atom stereocenters. The molecule has 0 bridgehead atoms. The highest BCUT2D eigenvalue weighted by molar-refractivity contribution is 6.30. The number of aliphatic hydroxyl groups is 2. The van der Waals surface area contributed by atoms with Crippen LogP contribution < -0.4 is 5.32 Å².